The highest BCUT2D eigenvalue weighted by Crippen LogP contribution is 2.17. The Hall–Kier alpha value is -2.27. The van der Waals surface area contributed by atoms with Crippen molar-refractivity contribution in [2.45, 2.75) is 0 Å². The zero-order valence-corrected chi connectivity index (χ0v) is 9.79. The van der Waals surface area contributed by atoms with Crippen LogP contribution in [0, 0.1) is 0 Å². The summed E-state index contributed by atoms with van der Waals surface area (Å²) < 4.78 is 11.3. The molecule has 0 aliphatic carbocycles. The quantitative estimate of drug-likeness (QED) is 0.712. The second-order valence-corrected chi connectivity index (χ2v) is 3.98. The molecule has 0 aliphatic heterocycles. The van der Waals surface area contributed by atoms with Gasteiger partial charge >= 0.3 is 5.76 Å². The lowest BCUT2D eigenvalue weighted by atomic mass is 10.3. The van der Waals surface area contributed by atoms with E-state index in [0.29, 0.717) is 16.5 Å². The van der Waals surface area contributed by atoms with Crippen molar-refractivity contribution < 1.29 is 8.83 Å². The maximum atomic E-state index is 11.7. The average Bonchev–Trinajstić information content (AvgIpc) is 2.99. The third kappa shape index (κ3) is 1.84. The zero-order valence-electron chi connectivity index (χ0n) is 9.04. The van der Waals surface area contributed by atoms with Crippen molar-refractivity contribution in [1.82, 2.24) is 9.78 Å². The van der Waals surface area contributed by atoms with Crippen LogP contribution < -0.4 is 5.76 Å². The van der Waals surface area contributed by atoms with Crippen molar-refractivity contribution in [2.24, 2.45) is 0 Å². The van der Waals surface area contributed by atoms with E-state index in [9.17, 15) is 4.79 Å². The maximum Gasteiger partial charge on any atom is 0.442 e. The van der Waals surface area contributed by atoms with E-state index in [0.717, 1.165) is 4.68 Å². The summed E-state index contributed by atoms with van der Waals surface area (Å²) in [6, 6.07) is 10.1. The third-order valence-electron chi connectivity index (χ3n) is 2.35. The molecule has 0 bridgehead atoms. The molecule has 0 N–H and O–H groups in total. The standard InChI is InChI=1S/C12H7ClN2O3/c13-8-3-5-9(6-4-8)15-12(16)18-11(14-15)10-2-1-7-17-10/h1-7H. The molecule has 1 aromatic carbocycles. The molecule has 3 aromatic rings. The van der Waals surface area contributed by atoms with E-state index >= 15 is 0 Å². The van der Waals surface area contributed by atoms with Crippen molar-refractivity contribution in [3.8, 4) is 17.3 Å². The normalized spacial score (nSPS) is 10.7. The Morgan fingerprint density at radius 1 is 1.17 bits per heavy atom. The minimum Gasteiger partial charge on any atom is -0.459 e. The molecule has 0 aliphatic rings. The number of halogens is 1. The van der Waals surface area contributed by atoms with E-state index in [4.69, 9.17) is 20.4 Å². The fourth-order valence-electron chi connectivity index (χ4n) is 1.52. The van der Waals surface area contributed by atoms with Crippen LogP contribution in [-0.2, 0) is 0 Å². The van der Waals surface area contributed by atoms with Gasteiger partial charge in [-0.2, -0.15) is 4.68 Å². The molecule has 0 saturated heterocycles. The lowest BCUT2D eigenvalue weighted by Gasteiger charge is -1.96. The highest BCUT2D eigenvalue weighted by Gasteiger charge is 2.13. The third-order valence-corrected chi connectivity index (χ3v) is 2.60. The first-order valence-corrected chi connectivity index (χ1v) is 5.52. The summed E-state index contributed by atoms with van der Waals surface area (Å²) in [5.74, 6) is -0.0384. The van der Waals surface area contributed by atoms with E-state index in [1.807, 2.05) is 0 Å². The molecule has 0 fully saturated rings. The number of rotatable bonds is 2. The second-order valence-electron chi connectivity index (χ2n) is 3.54. The van der Waals surface area contributed by atoms with Gasteiger partial charge in [0.25, 0.3) is 5.89 Å². The highest BCUT2D eigenvalue weighted by molar-refractivity contribution is 6.30. The molecule has 0 saturated carbocycles. The SMILES string of the molecule is O=c1oc(-c2ccco2)nn1-c1ccc(Cl)cc1. The summed E-state index contributed by atoms with van der Waals surface area (Å²) in [6.07, 6.45) is 1.48. The predicted octanol–water partition coefficient (Wildman–Crippen LogP) is 2.74. The fraction of sp³-hybridized carbons (Fsp3) is 0. The summed E-state index contributed by atoms with van der Waals surface area (Å²) in [7, 11) is 0. The summed E-state index contributed by atoms with van der Waals surface area (Å²) in [5, 5.41) is 4.64. The number of hydrogen-bond acceptors (Lipinski definition) is 4. The molecule has 0 radical (unpaired) electrons. The smallest absolute Gasteiger partial charge is 0.442 e. The Labute approximate surface area is 106 Å². The molecule has 0 unspecified atom stereocenters. The Morgan fingerprint density at radius 2 is 1.94 bits per heavy atom. The van der Waals surface area contributed by atoms with Gasteiger partial charge in [0.2, 0.25) is 0 Å². The summed E-state index contributed by atoms with van der Waals surface area (Å²) in [6.45, 7) is 0. The monoisotopic (exact) mass is 262 g/mol. The van der Waals surface area contributed by atoms with Crippen LogP contribution in [0.5, 0.6) is 0 Å². The zero-order chi connectivity index (χ0) is 12.5. The molecule has 90 valence electrons. The first-order valence-electron chi connectivity index (χ1n) is 5.14. The van der Waals surface area contributed by atoms with Gasteiger partial charge in [0.05, 0.1) is 12.0 Å². The van der Waals surface area contributed by atoms with Crippen molar-refractivity contribution in [1.29, 1.82) is 0 Å². The summed E-state index contributed by atoms with van der Waals surface area (Å²) >= 11 is 5.78. The van der Waals surface area contributed by atoms with Gasteiger partial charge in [-0.15, -0.1) is 5.10 Å². The number of furan rings is 1. The van der Waals surface area contributed by atoms with Crippen LogP contribution in [0.4, 0.5) is 0 Å². The van der Waals surface area contributed by atoms with Crippen molar-refractivity contribution >= 4 is 11.6 Å². The van der Waals surface area contributed by atoms with E-state index in [2.05, 4.69) is 5.10 Å². The van der Waals surface area contributed by atoms with Crippen LogP contribution >= 0.6 is 11.6 Å². The molecule has 0 atom stereocenters. The maximum absolute atomic E-state index is 11.7. The number of aromatic nitrogens is 2. The molecule has 2 heterocycles. The van der Waals surface area contributed by atoms with E-state index in [1.165, 1.54) is 6.26 Å². The molecule has 3 rings (SSSR count). The number of hydrogen-bond donors (Lipinski definition) is 0. The van der Waals surface area contributed by atoms with E-state index < -0.39 is 5.76 Å². The average molecular weight is 263 g/mol. The van der Waals surface area contributed by atoms with Gasteiger partial charge in [0, 0.05) is 5.02 Å². The van der Waals surface area contributed by atoms with Crippen LogP contribution in [0.25, 0.3) is 17.3 Å². The molecule has 18 heavy (non-hydrogen) atoms. The van der Waals surface area contributed by atoms with Crippen molar-refractivity contribution in [3.63, 3.8) is 0 Å². The Balaban J connectivity index is 2.09. The van der Waals surface area contributed by atoms with Crippen LogP contribution in [-0.4, -0.2) is 9.78 Å². The minimum absolute atomic E-state index is 0.139. The topological polar surface area (TPSA) is 61.2 Å². The molecule has 6 heteroatoms. The summed E-state index contributed by atoms with van der Waals surface area (Å²) in [5.41, 5.74) is 0.575. The minimum atomic E-state index is -0.580. The largest absolute Gasteiger partial charge is 0.459 e. The van der Waals surface area contributed by atoms with Gasteiger partial charge in [-0.05, 0) is 36.4 Å². The Kier molecular flexibility index (Phi) is 2.53. The molecule has 0 amide bonds. The summed E-state index contributed by atoms with van der Waals surface area (Å²) in [4.78, 5) is 11.7. The van der Waals surface area contributed by atoms with Crippen molar-refractivity contribution in [2.75, 3.05) is 0 Å². The fourth-order valence-corrected chi connectivity index (χ4v) is 1.65. The van der Waals surface area contributed by atoms with E-state index in [-0.39, 0.29) is 5.89 Å². The molecular weight excluding hydrogens is 256 g/mol. The van der Waals surface area contributed by atoms with Gasteiger partial charge in [-0.1, -0.05) is 11.6 Å². The first kappa shape index (κ1) is 10.9. The van der Waals surface area contributed by atoms with Crippen LogP contribution in [0.3, 0.4) is 0 Å². The molecule has 2 aromatic heterocycles. The Bertz CT molecular complexity index is 711. The molecular formula is C12H7ClN2O3. The lowest BCUT2D eigenvalue weighted by molar-refractivity contribution is 0.487. The lowest BCUT2D eigenvalue weighted by Crippen LogP contribution is -2.13. The molecule has 5 nitrogen and oxygen atoms in total. The number of benzene rings is 1. The molecule has 0 spiro atoms. The van der Waals surface area contributed by atoms with Crippen LogP contribution in [0.2, 0.25) is 5.02 Å². The van der Waals surface area contributed by atoms with Gasteiger partial charge < -0.3 is 8.83 Å². The van der Waals surface area contributed by atoms with Gasteiger partial charge in [-0.3, -0.25) is 0 Å². The van der Waals surface area contributed by atoms with E-state index in [1.54, 1.807) is 36.4 Å². The van der Waals surface area contributed by atoms with Gasteiger partial charge in [0.15, 0.2) is 5.76 Å². The predicted molar refractivity (Wildman–Crippen MR) is 64.8 cm³/mol. The van der Waals surface area contributed by atoms with Crippen LogP contribution in [0.1, 0.15) is 0 Å². The Morgan fingerprint density at radius 3 is 2.61 bits per heavy atom. The highest BCUT2D eigenvalue weighted by atomic mass is 35.5. The van der Waals surface area contributed by atoms with Gasteiger partial charge in [0.1, 0.15) is 0 Å². The van der Waals surface area contributed by atoms with Gasteiger partial charge in [-0.25, -0.2) is 4.79 Å². The second kappa shape index (κ2) is 4.19. The van der Waals surface area contributed by atoms with Crippen LogP contribution in [0.15, 0.2) is 56.3 Å². The number of nitrogens with zero attached hydrogens (tertiary/aromatic N) is 2. The van der Waals surface area contributed by atoms with Crippen molar-refractivity contribution in [3.05, 3.63) is 58.2 Å². The first-order chi connectivity index (χ1) is 8.74.